The highest BCUT2D eigenvalue weighted by Crippen LogP contribution is 2.49. The fourth-order valence-electron chi connectivity index (χ4n) is 4.80. The molecule has 2 N–H and O–H groups in total. The molecule has 0 saturated heterocycles. The van der Waals surface area contributed by atoms with Crippen LogP contribution >= 0.6 is 0 Å². The van der Waals surface area contributed by atoms with Crippen LogP contribution in [0, 0.1) is 24.7 Å². The van der Waals surface area contributed by atoms with Crippen molar-refractivity contribution in [2.75, 3.05) is 5.32 Å². The lowest BCUT2D eigenvalue weighted by Crippen LogP contribution is -2.45. The normalized spacial score (nSPS) is 25.9. The number of para-hydroxylation sites is 1. The summed E-state index contributed by atoms with van der Waals surface area (Å²) >= 11 is 0. The van der Waals surface area contributed by atoms with Crippen LogP contribution in [0.25, 0.3) is 0 Å². The summed E-state index contributed by atoms with van der Waals surface area (Å²) in [6, 6.07) is 6.01. The summed E-state index contributed by atoms with van der Waals surface area (Å²) in [5.74, 6) is 1.29. The van der Waals surface area contributed by atoms with Crippen LogP contribution in [0.15, 0.2) is 18.2 Å². The first-order valence-electron chi connectivity index (χ1n) is 9.58. The van der Waals surface area contributed by atoms with Crippen molar-refractivity contribution in [3.63, 3.8) is 0 Å². The van der Waals surface area contributed by atoms with E-state index >= 15 is 0 Å². The molecular weight excluding hydrogens is 312 g/mol. The Morgan fingerprint density at radius 2 is 1.84 bits per heavy atom. The average Bonchev–Trinajstić information content (AvgIpc) is 3.19. The van der Waals surface area contributed by atoms with Gasteiger partial charge in [-0.15, -0.1) is 0 Å². The van der Waals surface area contributed by atoms with Crippen molar-refractivity contribution >= 4 is 17.5 Å². The van der Waals surface area contributed by atoms with Crippen LogP contribution in [-0.2, 0) is 9.59 Å². The minimum atomic E-state index is -0.564. The maximum absolute atomic E-state index is 12.4. The Balaban J connectivity index is 1.63. The summed E-state index contributed by atoms with van der Waals surface area (Å²) < 4.78 is 0. The van der Waals surface area contributed by atoms with Crippen LogP contribution in [-0.4, -0.2) is 17.9 Å². The lowest BCUT2D eigenvalue weighted by molar-refractivity contribution is -0.136. The highest BCUT2D eigenvalue weighted by Gasteiger charge is 2.42. The molecule has 1 aromatic rings. The maximum atomic E-state index is 12.4. The summed E-state index contributed by atoms with van der Waals surface area (Å²) in [7, 11) is 0. The van der Waals surface area contributed by atoms with Crippen LogP contribution in [0.4, 0.5) is 5.69 Å². The summed E-state index contributed by atoms with van der Waals surface area (Å²) in [6.07, 6.45) is 5.12. The molecule has 2 fully saturated rings. The number of aryl methyl sites for hydroxylation is 1. The molecule has 0 radical (unpaired) electrons. The molecule has 2 aliphatic carbocycles. The molecule has 0 heterocycles. The van der Waals surface area contributed by atoms with Gasteiger partial charge in [-0.2, -0.15) is 0 Å². The number of amides is 2. The second-order valence-electron chi connectivity index (χ2n) is 8.25. The Bertz CT molecular complexity index is 668. The van der Waals surface area contributed by atoms with E-state index in [9.17, 15) is 9.59 Å². The second-order valence-corrected chi connectivity index (χ2v) is 8.25. The molecule has 2 saturated carbocycles. The molecule has 136 valence electrons. The van der Waals surface area contributed by atoms with Crippen molar-refractivity contribution < 1.29 is 9.59 Å². The number of carbonyl (C=O) groups excluding carboxylic acids is 2. The van der Waals surface area contributed by atoms with Crippen LogP contribution in [0.2, 0.25) is 0 Å². The van der Waals surface area contributed by atoms with Gasteiger partial charge in [-0.25, -0.2) is 0 Å². The van der Waals surface area contributed by atoms with Gasteiger partial charge >= 0.3 is 11.8 Å². The molecule has 4 heteroatoms. The maximum Gasteiger partial charge on any atom is 0.313 e. The van der Waals surface area contributed by atoms with Gasteiger partial charge in [0, 0.05) is 11.7 Å². The highest BCUT2D eigenvalue weighted by atomic mass is 16.2. The van der Waals surface area contributed by atoms with Gasteiger partial charge in [-0.1, -0.05) is 38.5 Å². The number of benzene rings is 1. The van der Waals surface area contributed by atoms with Gasteiger partial charge < -0.3 is 10.6 Å². The molecule has 3 rings (SSSR count). The van der Waals surface area contributed by atoms with E-state index in [2.05, 4.69) is 24.5 Å². The molecule has 25 heavy (non-hydrogen) atoms. The number of fused-ring (bicyclic) bond motifs is 2. The van der Waals surface area contributed by atoms with Crippen molar-refractivity contribution in [3.05, 3.63) is 29.3 Å². The van der Waals surface area contributed by atoms with Gasteiger partial charge in [-0.3, -0.25) is 9.59 Å². The summed E-state index contributed by atoms with van der Waals surface area (Å²) in [5.41, 5.74) is 2.81. The first-order chi connectivity index (χ1) is 11.9. The number of anilines is 1. The molecule has 1 aromatic carbocycles. The van der Waals surface area contributed by atoms with Gasteiger partial charge in [0.15, 0.2) is 0 Å². The monoisotopic (exact) mass is 342 g/mol. The molecule has 2 bridgehead atoms. The Kier molecular flexibility index (Phi) is 5.16. The molecule has 2 amide bonds. The topological polar surface area (TPSA) is 58.2 Å². The zero-order valence-electron chi connectivity index (χ0n) is 15.8. The number of nitrogens with one attached hydrogen (secondary N) is 2. The first kappa shape index (κ1) is 18.0. The van der Waals surface area contributed by atoms with Crippen LogP contribution in [0.3, 0.4) is 0 Å². The number of carbonyl (C=O) groups is 2. The molecule has 4 atom stereocenters. The van der Waals surface area contributed by atoms with Crippen LogP contribution in [0.5, 0.6) is 0 Å². The number of rotatable bonds is 4. The Morgan fingerprint density at radius 1 is 1.08 bits per heavy atom. The summed E-state index contributed by atoms with van der Waals surface area (Å²) in [4.78, 5) is 24.8. The predicted molar refractivity (Wildman–Crippen MR) is 100 cm³/mol. The van der Waals surface area contributed by atoms with E-state index in [0.717, 1.165) is 28.7 Å². The second kappa shape index (κ2) is 7.19. The Morgan fingerprint density at radius 3 is 2.44 bits per heavy atom. The van der Waals surface area contributed by atoms with Gasteiger partial charge in [0.25, 0.3) is 0 Å². The van der Waals surface area contributed by atoms with Gasteiger partial charge in [0.1, 0.15) is 0 Å². The highest BCUT2D eigenvalue weighted by molar-refractivity contribution is 6.39. The molecule has 4 nitrogen and oxygen atoms in total. The number of hydrogen-bond acceptors (Lipinski definition) is 2. The van der Waals surface area contributed by atoms with Crippen molar-refractivity contribution in [1.29, 1.82) is 0 Å². The van der Waals surface area contributed by atoms with Gasteiger partial charge in [0.2, 0.25) is 0 Å². The standard InChI is InChI=1S/C21H30N2O2/c1-12(2)17-7-5-6-13(3)19(17)23-21(25)20(24)22-14(4)18-11-15-8-9-16(18)10-15/h5-7,12,14-16,18H,8-11H2,1-4H3,(H,22,24)(H,23,25). The Labute approximate surface area is 150 Å². The SMILES string of the molecule is Cc1cccc(C(C)C)c1NC(=O)C(=O)NC(C)C1CC2CCC1C2. The predicted octanol–water partition coefficient (Wildman–Crippen LogP) is 4.00. The fraction of sp³-hybridized carbons (Fsp3) is 0.619. The zero-order chi connectivity index (χ0) is 18.1. The molecule has 0 spiro atoms. The molecule has 0 aliphatic heterocycles. The van der Waals surface area contributed by atoms with Gasteiger partial charge in [-0.05, 0) is 67.9 Å². The molecule has 4 unspecified atom stereocenters. The van der Waals surface area contributed by atoms with E-state index in [0.29, 0.717) is 5.92 Å². The van der Waals surface area contributed by atoms with E-state index in [1.165, 1.54) is 25.7 Å². The van der Waals surface area contributed by atoms with Crippen LogP contribution in [0.1, 0.15) is 63.5 Å². The van der Waals surface area contributed by atoms with E-state index in [-0.39, 0.29) is 12.0 Å². The third-order valence-electron chi connectivity index (χ3n) is 6.17. The number of hydrogen-bond donors (Lipinski definition) is 2. The van der Waals surface area contributed by atoms with Crippen molar-refractivity contribution in [3.8, 4) is 0 Å². The molecule has 2 aliphatic rings. The largest absolute Gasteiger partial charge is 0.345 e. The smallest absolute Gasteiger partial charge is 0.313 e. The summed E-state index contributed by atoms with van der Waals surface area (Å²) in [6.45, 7) is 8.17. The minimum absolute atomic E-state index is 0.0648. The first-order valence-corrected chi connectivity index (χ1v) is 9.58. The molecule has 0 aromatic heterocycles. The summed E-state index contributed by atoms with van der Waals surface area (Å²) in [5, 5.41) is 5.78. The fourth-order valence-corrected chi connectivity index (χ4v) is 4.80. The lowest BCUT2D eigenvalue weighted by atomic mass is 9.84. The van der Waals surface area contributed by atoms with Crippen LogP contribution < -0.4 is 10.6 Å². The van der Waals surface area contributed by atoms with E-state index in [4.69, 9.17) is 0 Å². The third kappa shape index (κ3) is 3.73. The molecular formula is C21H30N2O2. The van der Waals surface area contributed by atoms with E-state index < -0.39 is 11.8 Å². The third-order valence-corrected chi connectivity index (χ3v) is 6.17. The van der Waals surface area contributed by atoms with Gasteiger partial charge in [0.05, 0.1) is 0 Å². The average molecular weight is 342 g/mol. The minimum Gasteiger partial charge on any atom is -0.345 e. The van der Waals surface area contributed by atoms with Crippen molar-refractivity contribution in [2.24, 2.45) is 17.8 Å². The van der Waals surface area contributed by atoms with Crippen molar-refractivity contribution in [1.82, 2.24) is 5.32 Å². The Hall–Kier alpha value is -1.84. The van der Waals surface area contributed by atoms with E-state index in [1.807, 2.05) is 32.0 Å². The zero-order valence-corrected chi connectivity index (χ0v) is 15.8. The quantitative estimate of drug-likeness (QED) is 0.813. The van der Waals surface area contributed by atoms with Crippen molar-refractivity contribution in [2.45, 2.75) is 65.3 Å². The van der Waals surface area contributed by atoms with E-state index in [1.54, 1.807) is 0 Å². The lowest BCUT2D eigenvalue weighted by Gasteiger charge is -2.28.